The van der Waals surface area contributed by atoms with E-state index < -0.39 is 11.8 Å². The zero-order valence-corrected chi connectivity index (χ0v) is 19.5. The van der Waals surface area contributed by atoms with Crippen molar-refractivity contribution in [3.63, 3.8) is 0 Å². The van der Waals surface area contributed by atoms with E-state index in [1.54, 1.807) is 24.3 Å². The highest BCUT2D eigenvalue weighted by atomic mass is 79.9. The van der Waals surface area contributed by atoms with Crippen LogP contribution in [0.5, 0.6) is 0 Å². The van der Waals surface area contributed by atoms with Gasteiger partial charge in [0.25, 0.3) is 5.91 Å². The average molecular weight is 539 g/mol. The maximum absolute atomic E-state index is 12.2. The summed E-state index contributed by atoms with van der Waals surface area (Å²) in [7, 11) is 0. The van der Waals surface area contributed by atoms with Crippen molar-refractivity contribution in [1.82, 2.24) is 15.1 Å². The van der Waals surface area contributed by atoms with Crippen LogP contribution in [-0.4, -0.2) is 26.7 Å². The Hall–Kier alpha value is -2.72. The van der Waals surface area contributed by atoms with Crippen LogP contribution in [0.3, 0.4) is 0 Å². The van der Waals surface area contributed by atoms with Crippen LogP contribution in [-0.2, 0) is 4.79 Å². The molecule has 4 N–H and O–H groups in total. The molecule has 0 saturated heterocycles. The number of carbonyl (C=O) groups excluding carboxylic acids is 2. The Morgan fingerprint density at radius 3 is 2.61 bits per heavy atom. The normalized spacial score (nSPS) is 10.8. The first kappa shape index (κ1) is 23.0. The molecule has 11 heteroatoms. The fourth-order valence-corrected chi connectivity index (χ4v) is 3.44. The number of nitrogens with one attached hydrogen (secondary N) is 2. The first-order valence-corrected chi connectivity index (χ1v) is 10.6. The first-order chi connectivity index (χ1) is 14.7. The van der Waals surface area contributed by atoms with Crippen molar-refractivity contribution in [2.75, 3.05) is 5.32 Å². The lowest BCUT2D eigenvalue weighted by molar-refractivity contribution is -0.115. The van der Waals surface area contributed by atoms with Crippen molar-refractivity contribution >= 4 is 80.2 Å². The maximum Gasteiger partial charge on any atom is 0.254 e. The molecule has 31 heavy (non-hydrogen) atoms. The number of aromatic nitrogens is 2. The van der Waals surface area contributed by atoms with Crippen molar-refractivity contribution < 1.29 is 9.59 Å². The number of nitrogens with zero attached hydrogens (tertiary/aromatic N) is 2. The number of benzene rings is 2. The van der Waals surface area contributed by atoms with Crippen molar-refractivity contribution in [1.29, 1.82) is 0 Å². The van der Waals surface area contributed by atoms with Gasteiger partial charge in [0.15, 0.2) is 5.11 Å². The molecule has 1 heterocycles. The van der Waals surface area contributed by atoms with Crippen LogP contribution in [0.4, 0.5) is 5.82 Å². The van der Waals surface area contributed by atoms with Crippen molar-refractivity contribution in [3.8, 4) is 5.69 Å². The molecule has 0 saturated carbocycles. The van der Waals surface area contributed by atoms with E-state index in [1.807, 2.05) is 24.3 Å². The number of halogens is 3. The van der Waals surface area contributed by atoms with E-state index in [0.29, 0.717) is 15.7 Å². The fourth-order valence-electron chi connectivity index (χ4n) is 2.54. The largest absolute Gasteiger partial charge is 0.365 e. The molecule has 0 aliphatic rings. The third-order valence-electron chi connectivity index (χ3n) is 3.93. The second-order valence-electron chi connectivity index (χ2n) is 6.11. The summed E-state index contributed by atoms with van der Waals surface area (Å²) in [6.07, 6.45) is 4.25. The lowest BCUT2D eigenvalue weighted by Gasteiger charge is -2.13. The van der Waals surface area contributed by atoms with Gasteiger partial charge in [-0.25, -0.2) is 4.68 Å². The van der Waals surface area contributed by atoms with Crippen LogP contribution in [0.2, 0.25) is 10.0 Å². The maximum atomic E-state index is 12.2. The van der Waals surface area contributed by atoms with Gasteiger partial charge in [0.2, 0.25) is 5.91 Å². The predicted molar refractivity (Wildman–Crippen MR) is 130 cm³/mol. The molecule has 0 unspecified atom stereocenters. The zero-order valence-electron chi connectivity index (χ0n) is 15.6. The number of anilines is 1. The third-order valence-corrected chi connectivity index (χ3v) is 5.36. The fraction of sp³-hybridized carbons (Fsp3) is 0. The zero-order chi connectivity index (χ0) is 22.5. The van der Waals surface area contributed by atoms with Gasteiger partial charge in [-0.05, 0) is 54.2 Å². The summed E-state index contributed by atoms with van der Waals surface area (Å²) >= 11 is 20.6. The van der Waals surface area contributed by atoms with E-state index in [1.165, 1.54) is 17.0 Å². The molecule has 1 aromatic heterocycles. The number of nitrogens with two attached hydrogens (primary N) is 1. The van der Waals surface area contributed by atoms with Gasteiger partial charge in [-0.3, -0.25) is 14.9 Å². The van der Waals surface area contributed by atoms with E-state index >= 15 is 0 Å². The van der Waals surface area contributed by atoms with Crippen molar-refractivity contribution in [3.05, 3.63) is 80.4 Å². The van der Waals surface area contributed by atoms with Crippen LogP contribution in [0.15, 0.2) is 59.2 Å². The molecule has 3 aromatic rings. The molecule has 2 amide bonds. The number of carbonyl (C=O) groups is 2. The van der Waals surface area contributed by atoms with E-state index in [-0.39, 0.29) is 16.5 Å². The lowest BCUT2D eigenvalue weighted by Crippen LogP contribution is -2.34. The van der Waals surface area contributed by atoms with E-state index in [4.69, 9.17) is 41.2 Å². The SMILES string of the molecule is NC(=O)c1cnn(-c2ccc(Cl)c(Cl)c2)c1NC(=S)NC(=O)/C=C/c1cccc(Br)c1. The molecule has 7 nitrogen and oxygen atoms in total. The lowest BCUT2D eigenvalue weighted by atomic mass is 10.2. The Morgan fingerprint density at radius 2 is 1.94 bits per heavy atom. The number of hydrogen-bond acceptors (Lipinski definition) is 4. The Labute approximate surface area is 201 Å². The number of thiocarbonyl (C=S) groups is 1. The quantitative estimate of drug-likeness (QED) is 0.326. The number of amides is 2. The molecule has 3 rings (SSSR count). The van der Waals surface area contributed by atoms with Crippen LogP contribution >= 0.6 is 51.3 Å². The molecule has 0 fully saturated rings. The van der Waals surface area contributed by atoms with E-state index in [0.717, 1.165) is 10.0 Å². The summed E-state index contributed by atoms with van der Waals surface area (Å²) in [5.41, 5.74) is 6.85. The Morgan fingerprint density at radius 1 is 1.16 bits per heavy atom. The molecule has 158 valence electrons. The van der Waals surface area contributed by atoms with Gasteiger partial charge in [-0.15, -0.1) is 0 Å². The first-order valence-electron chi connectivity index (χ1n) is 8.63. The molecule has 0 radical (unpaired) electrons. The summed E-state index contributed by atoms with van der Waals surface area (Å²) in [5, 5.41) is 10.1. The topological polar surface area (TPSA) is 102 Å². The molecule has 0 bridgehead atoms. The van der Waals surface area contributed by atoms with Crippen LogP contribution in [0.1, 0.15) is 15.9 Å². The van der Waals surface area contributed by atoms with Crippen LogP contribution < -0.4 is 16.4 Å². The van der Waals surface area contributed by atoms with Gasteiger partial charge >= 0.3 is 0 Å². The highest BCUT2D eigenvalue weighted by molar-refractivity contribution is 9.10. The summed E-state index contributed by atoms with van der Waals surface area (Å²) < 4.78 is 2.26. The standard InChI is InChI=1S/C20H14BrCl2N5O2S/c21-12-3-1-2-11(8-12)4-7-17(29)26-20(31)27-19-14(18(24)30)10-25-28(19)13-5-6-15(22)16(23)9-13/h1-10H,(H2,24,30)(H2,26,27,29,31)/b7-4+. The minimum Gasteiger partial charge on any atom is -0.365 e. The van der Waals surface area contributed by atoms with E-state index in [2.05, 4.69) is 31.7 Å². The van der Waals surface area contributed by atoms with Gasteiger partial charge in [0, 0.05) is 10.5 Å². The summed E-state index contributed by atoms with van der Waals surface area (Å²) in [4.78, 5) is 24.0. The predicted octanol–water partition coefficient (Wildman–Crippen LogP) is 4.57. The van der Waals surface area contributed by atoms with Gasteiger partial charge in [-0.1, -0.05) is 51.3 Å². The highest BCUT2D eigenvalue weighted by Gasteiger charge is 2.18. The third kappa shape index (κ3) is 5.92. The monoisotopic (exact) mass is 537 g/mol. The molecule has 0 atom stereocenters. The summed E-state index contributed by atoms with van der Waals surface area (Å²) in [5.74, 6) is -1.01. The highest BCUT2D eigenvalue weighted by Crippen LogP contribution is 2.27. The number of rotatable bonds is 5. The minimum absolute atomic E-state index is 0.0480. The molecule has 2 aromatic carbocycles. The smallest absolute Gasteiger partial charge is 0.254 e. The minimum atomic E-state index is -0.725. The van der Waals surface area contributed by atoms with Crippen LogP contribution in [0, 0.1) is 0 Å². The van der Waals surface area contributed by atoms with E-state index in [9.17, 15) is 9.59 Å². The Kier molecular flexibility index (Phi) is 7.45. The average Bonchev–Trinajstić information content (AvgIpc) is 3.12. The summed E-state index contributed by atoms with van der Waals surface area (Å²) in [6.45, 7) is 0. The van der Waals surface area contributed by atoms with Crippen molar-refractivity contribution in [2.24, 2.45) is 5.73 Å². The van der Waals surface area contributed by atoms with Crippen LogP contribution in [0.25, 0.3) is 11.8 Å². The van der Waals surface area contributed by atoms with Gasteiger partial charge < -0.3 is 11.1 Å². The number of primary amides is 1. The molecular weight excluding hydrogens is 525 g/mol. The molecule has 0 spiro atoms. The van der Waals surface area contributed by atoms with Gasteiger partial charge in [-0.2, -0.15) is 5.10 Å². The molecule has 0 aliphatic carbocycles. The molecule has 0 aliphatic heterocycles. The Balaban J connectivity index is 1.78. The van der Waals surface area contributed by atoms with Gasteiger partial charge in [0.05, 0.1) is 21.9 Å². The molecular formula is C20H14BrCl2N5O2S. The van der Waals surface area contributed by atoms with Gasteiger partial charge in [0.1, 0.15) is 11.4 Å². The number of hydrogen-bond donors (Lipinski definition) is 3. The summed E-state index contributed by atoms with van der Waals surface area (Å²) in [6, 6.07) is 12.2. The second-order valence-corrected chi connectivity index (χ2v) is 8.25. The Bertz CT molecular complexity index is 1210. The second kappa shape index (κ2) is 10.1. The van der Waals surface area contributed by atoms with Crippen molar-refractivity contribution in [2.45, 2.75) is 0 Å².